The van der Waals surface area contributed by atoms with E-state index in [1.54, 1.807) is 0 Å². The van der Waals surface area contributed by atoms with Gasteiger partial charge in [0.25, 0.3) is 0 Å². The van der Waals surface area contributed by atoms with Crippen LogP contribution in [0.3, 0.4) is 0 Å². The quantitative estimate of drug-likeness (QED) is 0.911. The molecule has 1 aliphatic rings. The fourth-order valence-electron chi connectivity index (χ4n) is 2.64. The fraction of sp³-hybridized carbons (Fsp3) is 0.400. The highest BCUT2D eigenvalue weighted by Crippen LogP contribution is 2.25. The first-order chi connectivity index (χ1) is 10.2. The number of amides is 2. The summed E-state index contributed by atoms with van der Waals surface area (Å²) in [6.07, 6.45) is 3.42. The van der Waals surface area contributed by atoms with Crippen molar-refractivity contribution in [2.24, 2.45) is 5.92 Å². The molecule has 0 saturated heterocycles. The Hall–Kier alpha value is -1.95. The highest BCUT2D eigenvalue weighted by molar-refractivity contribution is 7.10. The Kier molecular flexibility index (Phi) is 4.15. The van der Waals surface area contributed by atoms with Gasteiger partial charge in [-0.05, 0) is 18.8 Å². The molecule has 2 N–H and O–H groups in total. The minimum Gasteiger partial charge on any atom is -0.335 e. The van der Waals surface area contributed by atoms with Crippen LogP contribution in [0.5, 0.6) is 0 Å². The summed E-state index contributed by atoms with van der Waals surface area (Å²) in [6, 6.07) is 9.81. The van der Waals surface area contributed by atoms with Crippen molar-refractivity contribution >= 4 is 22.7 Å². The first kappa shape index (κ1) is 14.0. The topological polar surface area (TPSA) is 66.9 Å². The van der Waals surface area contributed by atoms with Gasteiger partial charge in [0.05, 0.1) is 0 Å². The summed E-state index contributed by atoms with van der Waals surface area (Å²) in [5.74, 6) is 1.19. The predicted octanol–water partition coefficient (Wildman–Crippen LogP) is 3.52. The Balaban J connectivity index is 1.61. The van der Waals surface area contributed by atoms with Crippen molar-refractivity contribution < 1.29 is 4.79 Å². The van der Waals surface area contributed by atoms with Crippen LogP contribution < -0.4 is 10.6 Å². The summed E-state index contributed by atoms with van der Waals surface area (Å²) in [5.41, 5.74) is 0.951. The molecule has 5 nitrogen and oxygen atoms in total. The summed E-state index contributed by atoms with van der Waals surface area (Å²) in [6.45, 7) is 2.18. The lowest BCUT2D eigenvalue weighted by Gasteiger charge is -2.16. The van der Waals surface area contributed by atoms with Gasteiger partial charge in [-0.1, -0.05) is 43.7 Å². The molecule has 2 unspecified atom stereocenters. The molecule has 110 valence electrons. The van der Waals surface area contributed by atoms with Crippen LogP contribution in [0.4, 0.5) is 9.93 Å². The van der Waals surface area contributed by atoms with Crippen molar-refractivity contribution in [2.45, 2.75) is 32.2 Å². The van der Waals surface area contributed by atoms with Gasteiger partial charge in [0.2, 0.25) is 5.13 Å². The van der Waals surface area contributed by atoms with Crippen molar-refractivity contribution in [3.05, 3.63) is 30.3 Å². The molecule has 1 aromatic carbocycles. The zero-order valence-corrected chi connectivity index (χ0v) is 12.7. The normalized spacial score (nSPS) is 21.2. The maximum atomic E-state index is 12.0. The van der Waals surface area contributed by atoms with E-state index in [2.05, 4.69) is 26.9 Å². The van der Waals surface area contributed by atoms with E-state index < -0.39 is 0 Å². The highest BCUT2D eigenvalue weighted by Gasteiger charge is 2.25. The average Bonchev–Trinajstić information content (AvgIpc) is 3.10. The third-order valence-electron chi connectivity index (χ3n) is 3.86. The van der Waals surface area contributed by atoms with Gasteiger partial charge < -0.3 is 5.32 Å². The summed E-state index contributed by atoms with van der Waals surface area (Å²) in [4.78, 5) is 16.3. The van der Waals surface area contributed by atoms with Crippen LogP contribution in [0.15, 0.2) is 30.3 Å². The first-order valence-corrected chi connectivity index (χ1v) is 7.96. The zero-order chi connectivity index (χ0) is 14.7. The Morgan fingerprint density at radius 2 is 2.10 bits per heavy atom. The van der Waals surface area contributed by atoms with E-state index in [-0.39, 0.29) is 12.1 Å². The number of rotatable bonds is 3. The number of anilines is 1. The average molecular weight is 302 g/mol. The van der Waals surface area contributed by atoms with Gasteiger partial charge in [0.15, 0.2) is 5.82 Å². The van der Waals surface area contributed by atoms with Crippen molar-refractivity contribution in [3.8, 4) is 11.4 Å². The number of nitrogens with one attached hydrogen (secondary N) is 2. The lowest BCUT2D eigenvalue weighted by Crippen LogP contribution is -2.39. The van der Waals surface area contributed by atoms with Gasteiger partial charge in [-0.15, -0.1) is 0 Å². The second-order valence-corrected chi connectivity index (χ2v) is 6.15. The molecular weight excluding hydrogens is 284 g/mol. The van der Waals surface area contributed by atoms with Crippen molar-refractivity contribution in [1.82, 2.24) is 14.7 Å². The monoisotopic (exact) mass is 302 g/mol. The van der Waals surface area contributed by atoms with E-state index in [1.807, 2.05) is 30.3 Å². The summed E-state index contributed by atoms with van der Waals surface area (Å²) in [7, 11) is 0. The SMILES string of the molecule is CC1CCCC1NC(=O)Nc1nc(-c2ccccc2)ns1. The number of hydrogen-bond acceptors (Lipinski definition) is 4. The number of carbonyl (C=O) groups excluding carboxylic acids is 1. The molecule has 2 atom stereocenters. The molecule has 2 aromatic rings. The van der Waals surface area contributed by atoms with Crippen molar-refractivity contribution in [2.75, 3.05) is 5.32 Å². The van der Waals surface area contributed by atoms with Gasteiger partial charge >= 0.3 is 6.03 Å². The van der Waals surface area contributed by atoms with Crippen molar-refractivity contribution in [1.29, 1.82) is 0 Å². The molecule has 3 rings (SSSR count). The molecule has 2 amide bonds. The fourth-order valence-corrected chi connectivity index (χ4v) is 3.22. The Bertz CT molecular complexity index is 613. The Morgan fingerprint density at radius 1 is 1.29 bits per heavy atom. The van der Waals surface area contributed by atoms with Gasteiger partial charge in [-0.25, -0.2) is 4.79 Å². The van der Waals surface area contributed by atoms with E-state index in [9.17, 15) is 4.79 Å². The van der Waals surface area contributed by atoms with Crippen LogP contribution in [-0.4, -0.2) is 21.4 Å². The van der Waals surface area contributed by atoms with E-state index in [4.69, 9.17) is 0 Å². The summed E-state index contributed by atoms with van der Waals surface area (Å²) >= 11 is 1.20. The van der Waals surface area contributed by atoms with E-state index in [0.29, 0.717) is 16.9 Å². The number of nitrogens with zero attached hydrogens (tertiary/aromatic N) is 2. The lowest BCUT2D eigenvalue weighted by atomic mass is 10.1. The molecule has 1 heterocycles. The lowest BCUT2D eigenvalue weighted by molar-refractivity contribution is 0.246. The molecule has 1 aromatic heterocycles. The largest absolute Gasteiger partial charge is 0.335 e. The molecule has 1 fully saturated rings. The number of benzene rings is 1. The third-order valence-corrected chi connectivity index (χ3v) is 4.49. The van der Waals surface area contributed by atoms with Crippen LogP contribution in [0, 0.1) is 5.92 Å². The molecule has 21 heavy (non-hydrogen) atoms. The Morgan fingerprint density at radius 3 is 2.81 bits per heavy atom. The second-order valence-electron chi connectivity index (χ2n) is 5.40. The number of aromatic nitrogens is 2. The molecule has 1 aliphatic carbocycles. The molecule has 0 radical (unpaired) electrons. The van der Waals surface area contributed by atoms with Gasteiger partial charge in [0.1, 0.15) is 0 Å². The van der Waals surface area contributed by atoms with Crippen LogP contribution in [0.1, 0.15) is 26.2 Å². The standard InChI is InChI=1S/C15H18N4OS/c1-10-6-5-9-12(10)16-14(20)18-15-17-13(19-21-15)11-7-3-2-4-8-11/h2-4,7-8,10,12H,5-6,9H2,1H3,(H2,16,17,18,19,20). The number of urea groups is 1. The second kappa shape index (κ2) is 6.22. The maximum Gasteiger partial charge on any atom is 0.321 e. The number of carbonyl (C=O) groups is 1. The molecular formula is C15H18N4OS. The van der Waals surface area contributed by atoms with Gasteiger partial charge in [0, 0.05) is 23.1 Å². The molecule has 0 bridgehead atoms. The van der Waals surface area contributed by atoms with Crippen LogP contribution >= 0.6 is 11.5 Å². The van der Waals surface area contributed by atoms with Gasteiger partial charge in [-0.3, -0.25) is 5.32 Å². The summed E-state index contributed by atoms with van der Waals surface area (Å²) in [5, 5.41) is 6.31. The minimum absolute atomic E-state index is 0.190. The first-order valence-electron chi connectivity index (χ1n) is 7.19. The van der Waals surface area contributed by atoms with E-state index in [0.717, 1.165) is 12.0 Å². The van der Waals surface area contributed by atoms with Crippen LogP contribution in [0.25, 0.3) is 11.4 Å². The Labute approximate surface area is 128 Å². The third kappa shape index (κ3) is 3.39. The molecule has 1 saturated carbocycles. The molecule has 6 heteroatoms. The van der Waals surface area contributed by atoms with Gasteiger partial charge in [-0.2, -0.15) is 9.36 Å². The van der Waals surface area contributed by atoms with Crippen LogP contribution in [-0.2, 0) is 0 Å². The minimum atomic E-state index is -0.190. The number of hydrogen-bond donors (Lipinski definition) is 2. The molecule has 0 spiro atoms. The highest BCUT2D eigenvalue weighted by atomic mass is 32.1. The smallest absolute Gasteiger partial charge is 0.321 e. The maximum absolute atomic E-state index is 12.0. The predicted molar refractivity (Wildman–Crippen MR) is 84.3 cm³/mol. The van der Waals surface area contributed by atoms with Crippen molar-refractivity contribution in [3.63, 3.8) is 0 Å². The van der Waals surface area contributed by atoms with Crippen LogP contribution in [0.2, 0.25) is 0 Å². The zero-order valence-electron chi connectivity index (χ0n) is 11.9. The molecule has 0 aliphatic heterocycles. The summed E-state index contributed by atoms with van der Waals surface area (Å²) < 4.78 is 4.27. The van der Waals surface area contributed by atoms with E-state index in [1.165, 1.54) is 24.4 Å². The van der Waals surface area contributed by atoms with E-state index >= 15 is 0 Å².